The van der Waals surface area contributed by atoms with Crippen LogP contribution in [-0.4, -0.2) is 11.7 Å². The molecule has 76 valence electrons. The molecule has 0 fully saturated rings. The number of halogens is 1. The van der Waals surface area contributed by atoms with Gasteiger partial charge in [0.1, 0.15) is 0 Å². The van der Waals surface area contributed by atoms with Gasteiger partial charge in [0, 0.05) is 11.6 Å². The third-order valence-electron chi connectivity index (χ3n) is 2.79. The van der Waals surface area contributed by atoms with Gasteiger partial charge in [0.15, 0.2) is 0 Å². The van der Waals surface area contributed by atoms with Gasteiger partial charge in [0.2, 0.25) is 0 Å². The van der Waals surface area contributed by atoms with Crippen LogP contribution in [0.4, 0.5) is 0 Å². The second-order valence-corrected chi connectivity index (χ2v) is 4.15. The Hall–Kier alpha value is -0.570. The molecule has 0 aromatic heterocycles. The van der Waals surface area contributed by atoms with Crippen molar-refractivity contribution in [1.29, 1.82) is 0 Å². The Morgan fingerprint density at radius 1 is 1.43 bits per heavy atom. The molecule has 3 heteroatoms. The van der Waals surface area contributed by atoms with Gasteiger partial charge in [0.05, 0.1) is 6.10 Å². The lowest BCUT2D eigenvalue weighted by Gasteiger charge is -2.11. The number of aliphatic hydroxyl groups is 1. The van der Waals surface area contributed by atoms with Gasteiger partial charge in [0.25, 0.3) is 0 Å². The number of fused-ring (bicyclic) bond motifs is 1. The third kappa shape index (κ3) is 1.65. The van der Waals surface area contributed by atoms with Crippen LogP contribution in [0.2, 0.25) is 5.02 Å². The van der Waals surface area contributed by atoms with E-state index in [1.54, 1.807) is 0 Å². The van der Waals surface area contributed by atoms with Gasteiger partial charge >= 0.3 is 0 Å². The molecular formula is C11H14ClNO. The van der Waals surface area contributed by atoms with E-state index in [0.29, 0.717) is 0 Å². The van der Waals surface area contributed by atoms with E-state index in [4.69, 9.17) is 17.3 Å². The maximum absolute atomic E-state index is 9.60. The van der Waals surface area contributed by atoms with Crippen molar-refractivity contribution in [3.63, 3.8) is 0 Å². The minimum Gasteiger partial charge on any atom is -0.387 e. The number of rotatable bonds is 2. The molecule has 0 spiro atoms. The van der Waals surface area contributed by atoms with Crippen LogP contribution >= 0.6 is 11.6 Å². The van der Waals surface area contributed by atoms with Crippen molar-refractivity contribution in [3.8, 4) is 0 Å². The molecule has 0 saturated carbocycles. The van der Waals surface area contributed by atoms with E-state index in [9.17, 15) is 5.11 Å². The lowest BCUT2D eigenvalue weighted by Crippen LogP contribution is -2.11. The zero-order valence-electron chi connectivity index (χ0n) is 7.96. The second-order valence-electron chi connectivity index (χ2n) is 3.75. The van der Waals surface area contributed by atoms with Crippen molar-refractivity contribution in [2.45, 2.75) is 25.4 Å². The van der Waals surface area contributed by atoms with Crippen LogP contribution < -0.4 is 5.73 Å². The van der Waals surface area contributed by atoms with Gasteiger partial charge in [-0.15, -0.1) is 0 Å². The summed E-state index contributed by atoms with van der Waals surface area (Å²) in [5.41, 5.74) is 8.78. The highest BCUT2D eigenvalue weighted by atomic mass is 35.5. The third-order valence-corrected chi connectivity index (χ3v) is 3.13. The van der Waals surface area contributed by atoms with Crippen LogP contribution in [0.1, 0.15) is 29.2 Å². The summed E-state index contributed by atoms with van der Waals surface area (Å²) < 4.78 is 0. The molecule has 0 saturated heterocycles. The predicted molar refractivity (Wildman–Crippen MR) is 57.5 cm³/mol. The molecule has 1 aliphatic rings. The first-order valence-corrected chi connectivity index (χ1v) is 5.29. The van der Waals surface area contributed by atoms with Gasteiger partial charge in [-0.1, -0.05) is 17.7 Å². The Morgan fingerprint density at radius 2 is 2.21 bits per heavy atom. The summed E-state index contributed by atoms with van der Waals surface area (Å²) in [4.78, 5) is 0. The van der Waals surface area contributed by atoms with E-state index in [1.807, 2.05) is 12.1 Å². The predicted octanol–water partition coefficient (Wildman–Crippen LogP) is 1.82. The van der Waals surface area contributed by atoms with Crippen molar-refractivity contribution < 1.29 is 5.11 Å². The zero-order valence-corrected chi connectivity index (χ0v) is 8.72. The van der Waals surface area contributed by atoms with Crippen molar-refractivity contribution in [2.75, 3.05) is 6.54 Å². The fourth-order valence-electron chi connectivity index (χ4n) is 2.00. The highest BCUT2D eigenvalue weighted by Gasteiger charge is 2.17. The second kappa shape index (κ2) is 3.89. The van der Waals surface area contributed by atoms with Gasteiger partial charge in [-0.2, -0.15) is 0 Å². The Morgan fingerprint density at radius 3 is 2.93 bits per heavy atom. The molecule has 3 N–H and O–H groups in total. The number of hydrogen-bond acceptors (Lipinski definition) is 2. The van der Waals surface area contributed by atoms with Gasteiger partial charge in [-0.05, 0) is 42.0 Å². The van der Waals surface area contributed by atoms with Crippen molar-refractivity contribution >= 4 is 11.6 Å². The van der Waals surface area contributed by atoms with E-state index in [0.717, 1.165) is 29.8 Å². The highest BCUT2D eigenvalue weighted by molar-refractivity contribution is 6.31. The summed E-state index contributed by atoms with van der Waals surface area (Å²) in [6.07, 6.45) is 2.71. The first-order valence-electron chi connectivity index (χ1n) is 4.91. The molecule has 0 aliphatic heterocycles. The smallest absolute Gasteiger partial charge is 0.0912 e. The van der Waals surface area contributed by atoms with Crippen molar-refractivity contribution in [3.05, 3.63) is 33.8 Å². The van der Waals surface area contributed by atoms with Crippen LogP contribution in [0.25, 0.3) is 0 Å². The molecular weight excluding hydrogens is 198 g/mol. The summed E-state index contributed by atoms with van der Waals surface area (Å²) >= 11 is 6.12. The molecule has 1 aromatic carbocycles. The summed E-state index contributed by atoms with van der Waals surface area (Å²) in [6, 6.07) is 3.87. The van der Waals surface area contributed by atoms with Crippen molar-refractivity contribution in [1.82, 2.24) is 0 Å². The molecule has 0 amide bonds. The Balaban J connectivity index is 2.41. The minimum absolute atomic E-state index is 0.245. The lowest BCUT2D eigenvalue weighted by atomic mass is 10.0. The van der Waals surface area contributed by atoms with Crippen LogP contribution in [0.5, 0.6) is 0 Å². The Kier molecular flexibility index (Phi) is 2.77. The van der Waals surface area contributed by atoms with E-state index in [-0.39, 0.29) is 6.54 Å². The largest absolute Gasteiger partial charge is 0.387 e. The SMILES string of the molecule is NCC(O)c1cc(Cl)c2c(c1)CCC2. The maximum Gasteiger partial charge on any atom is 0.0912 e. The fraction of sp³-hybridized carbons (Fsp3) is 0.455. The molecule has 1 unspecified atom stereocenters. The zero-order chi connectivity index (χ0) is 10.1. The normalized spacial score (nSPS) is 16.8. The number of aliphatic hydroxyl groups excluding tert-OH is 1. The standard InChI is InChI=1S/C11H14ClNO/c12-10-5-8(11(14)6-13)4-7-2-1-3-9(7)10/h4-5,11,14H,1-3,6,13H2. The fourth-order valence-corrected chi connectivity index (χ4v) is 2.35. The van der Waals surface area contributed by atoms with E-state index in [1.165, 1.54) is 11.1 Å². The molecule has 14 heavy (non-hydrogen) atoms. The molecule has 0 heterocycles. The summed E-state index contributed by atoms with van der Waals surface area (Å²) in [7, 11) is 0. The van der Waals surface area contributed by atoms with Crippen LogP contribution in [-0.2, 0) is 12.8 Å². The molecule has 0 radical (unpaired) electrons. The Labute approximate surface area is 88.7 Å². The average molecular weight is 212 g/mol. The van der Waals surface area contributed by atoms with Crippen LogP contribution in [0.15, 0.2) is 12.1 Å². The van der Waals surface area contributed by atoms with Gasteiger partial charge in [-0.25, -0.2) is 0 Å². The minimum atomic E-state index is -0.585. The summed E-state index contributed by atoms with van der Waals surface area (Å²) in [6.45, 7) is 0.245. The van der Waals surface area contributed by atoms with Crippen LogP contribution in [0.3, 0.4) is 0 Å². The average Bonchev–Trinajstić information content (AvgIpc) is 2.64. The van der Waals surface area contributed by atoms with E-state index in [2.05, 4.69) is 0 Å². The molecule has 0 bridgehead atoms. The molecule has 2 rings (SSSR count). The highest BCUT2D eigenvalue weighted by Crippen LogP contribution is 2.31. The lowest BCUT2D eigenvalue weighted by molar-refractivity contribution is 0.186. The first kappa shape index (κ1) is 9.97. The first-order chi connectivity index (χ1) is 6.72. The maximum atomic E-state index is 9.60. The van der Waals surface area contributed by atoms with Crippen molar-refractivity contribution in [2.24, 2.45) is 5.73 Å². The number of benzene rings is 1. The molecule has 1 aromatic rings. The molecule has 1 aliphatic carbocycles. The van der Waals surface area contributed by atoms with Crippen LogP contribution in [0, 0.1) is 0 Å². The summed E-state index contributed by atoms with van der Waals surface area (Å²) in [5, 5.41) is 10.4. The topological polar surface area (TPSA) is 46.2 Å². The quantitative estimate of drug-likeness (QED) is 0.784. The Bertz CT molecular complexity index is 351. The number of aryl methyl sites for hydroxylation is 1. The van der Waals surface area contributed by atoms with E-state index < -0.39 is 6.10 Å². The van der Waals surface area contributed by atoms with E-state index >= 15 is 0 Å². The molecule has 1 atom stereocenters. The van der Waals surface area contributed by atoms with Gasteiger partial charge < -0.3 is 10.8 Å². The number of nitrogens with two attached hydrogens (primary N) is 1. The van der Waals surface area contributed by atoms with Gasteiger partial charge in [-0.3, -0.25) is 0 Å². The molecule has 2 nitrogen and oxygen atoms in total. The monoisotopic (exact) mass is 211 g/mol. The summed E-state index contributed by atoms with van der Waals surface area (Å²) in [5.74, 6) is 0. The number of hydrogen-bond donors (Lipinski definition) is 2.